The van der Waals surface area contributed by atoms with Crippen molar-refractivity contribution in [3.05, 3.63) is 52.2 Å². The van der Waals surface area contributed by atoms with Crippen LogP contribution in [0.1, 0.15) is 40.7 Å². The van der Waals surface area contributed by atoms with E-state index in [2.05, 4.69) is 5.32 Å². The molecule has 1 aromatic carbocycles. The van der Waals surface area contributed by atoms with Crippen molar-refractivity contribution in [2.24, 2.45) is 5.73 Å². The smallest absolute Gasteiger partial charge is 0.224 e. The molecule has 0 aliphatic carbocycles. The van der Waals surface area contributed by atoms with E-state index in [4.69, 9.17) is 10.2 Å². The van der Waals surface area contributed by atoms with Crippen LogP contribution in [0.3, 0.4) is 0 Å². The van der Waals surface area contributed by atoms with Gasteiger partial charge in [-0.05, 0) is 44.0 Å². The molecule has 1 amide bonds. The highest BCUT2D eigenvalue weighted by Crippen LogP contribution is 2.32. The number of hydrogen-bond acceptors (Lipinski definition) is 3. The Morgan fingerprint density at radius 2 is 2.00 bits per heavy atom. The lowest BCUT2D eigenvalue weighted by atomic mass is 9.94. The molecule has 1 aliphatic rings. The van der Waals surface area contributed by atoms with E-state index in [1.165, 1.54) is 6.07 Å². The van der Waals surface area contributed by atoms with Gasteiger partial charge in [-0.2, -0.15) is 0 Å². The van der Waals surface area contributed by atoms with Gasteiger partial charge in [-0.3, -0.25) is 4.79 Å². The van der Waals surface area contributed by atoms with Gasteiger partial charge in [-0.25, -0.2) is 4.39 Å². The fraction of sp³-hybridized carbons (Fsp3) is 0.312. The summed E-state index contributed by atoms with van der Waals surface area (Å²) in [5, 5.41) is 2.68. The van der Waals surface area contributed by atoms with Gasteiger partial charge in [0.2, 0.25) is 5.91 Å². The normalized spacial score (nSPS) is 15.5. The van der Waals surface area contributed by atoms with Crippen molar-refractivity contribution in [2.75, 3.05) is 5.32 Å². The predicted molar refractivity (Wildman–Crippen MR) is 77.6 cm³/mol. The first-order valence-electron chi connectivity index (χ1n) is 6.90. The van der Waals surface area contributed by atoms with Crippen molar-refractivity contribution >= 4 is 11.6 Å². The van der Waals surface area contributed by atoms with E-state index in [1.54, 1.807) is 6.07 Å². The zero-order valence-corrected chi connectivity index (χ0v) is 12.0. The number of halogens is 1. The van der Waals surface area contributed by atoms with Crippen LogP contribution < -0.4 is 11.1 Å². The van der Waals surface area contributed by atoms with Crippen LogP contribution in [0.4, 0.5) is 10.1 Å². The summed E-state index contributed by atoms with van der Waals surface area (Å²) in [6, 6.07) is 4.35. The van der Waals surface area contributed by atoms with Crippen LogP contribution in [-0.2, 0) is 11.2 Å². The fourth-order valence-corrected chi connectivity index (χ4v) is 2.79. The molecule has 2 aromatic rings. The number of carbonyl (C=O) groups excluding carboxylic acids is 1. The molecule has 1 aromatic heterocycles. The predicted octanol–water partition coefficient (Wildman–Crippen LogP) is 2.97. The molecular weight excluding hydrogens is 271 g/mol. The van der Waals surface area contributed by atoms with Crippen LogP contribution in [0.15, 0.2) is 22.6 Å². The second kappa shape index (κ2) is 5.00. The van der Waals surface area contributed by atoms with Crippen LogP contribution >= 0.6 is 0 Å². The van der Waals surface area contributed by atoms with Crippen LogP contribution in [-0.4, -0.2) is 5.91 Å². The second-order valence-electron chi connectivity index (χ2n) is 5.43. The molecule has 3 rings (SSSR count). The van der Waals surface area contributed by atoms with Crippen LogP contribution in [0, 0.1) is 19.7 Å². The molecule has 3 N–H and O–H groups in total. The van der Waals surface area contributed by atoms with E-state index >= 15 is 0 Å². The number of furan rings is 1. The number of nitrogens with one attached hydrogen (secondary N) is 1. The van der Waals surface area contributed by atoms with Gasteiger partial charge >= 0.3 is 0 Å². The zero-order valence-electron chi connectivity index (χ0n) is 12.0. The number of hydrogen-bond donors (Lipinski definition) is 2. The lowest BCUT2D eigenvalue weighted by Gasteiger charge is -2.20. The van der Waals surface area contributed by atoms with Gasteiger partial charge in [-0.15, -0.1) is 0 Å². The molecular formula is C16H17FN2O2. The maximum atomic E-state index is 14.3. The van der Waals surface area contributed by atoms with Gasteiger partial charge in [0.05, 0.1) is 6.04 Å². The Labute approximate surface area is 122 Å². The first kappa shape index (κ1) is 13.8. The van der Waals surface area contributed by atoms with Gasteiger partial charge < -0.3 is 15.5 Å². The van der Waals surface area contributed by atoms with Gasteiger partial charge in [0.25, 0.3) is 0 Å². The summed E-state index contributed by atoms with van der Waals surface area (Å²) in [6.45, 7) is 3.65. The Bertz CT molecular complexity index is 721. The first-order valence-corrected chi connectivity index (χ1v) is 6.90. The highest BCUT2D eigenvalue weighted by molar-refractivity contribution is 5.93. The van der Waals surface area contributed by atoms with Crippen molar-refractivity contribution in [2.45, 2.75) is 32.7 Å². The largest absolute Gasteiger partial charge is 0.466 e. The SMILES string of the molecule is Cc1cc(C(N)c2cc3c(cc2F)NC(=O)CC3)c(C)o1. The summed E-state index contributed by atoms with van der Waals surface area (Å²) in [5.74, 6) is 0.955. The number of fused-ring (bicyclic) bond motifs is 1. The molecule has 4 nitrogen and oxygen atoms in total. The van der Waals surface area contributed by atoms with Crippen molar-refractivity contribution in [1.82, 2.24) is 0 Å². The minimum atomic E-state index is -0.578. The maximum absolute atomic E-state index is 14.3. The Kier molecular flexibility index (Phi) is 3.29. The number of rotatable bonds is 2. The molecule has 21 heavy (non-hydrogen) atoms. The fourth-order valence-electron chi connectivity index (χ4n) is 2.79. The monoisotopic (exact) mass is 288 g/mol. The molecule has 2 heterocycles. The molecule has 0 saturated heterocycles. The molecule has 1 unspecified atom stereocenters. The third kappa shape index (κ3) is 2.45. The number of amides is 1. The van der Waals surface area contributed by atoms with Crippen LogP contribution in [0.2, 0.25) is 0 Å². The van der Waals surface area contributed by atoms with E-state index in [9.17, 15) is 9.18 Å². The highest BCUT2D eigenvalue weighted by Gasteiger charge is 2.23. The molecule has 5 heteroatoms. The molecule has 1 atom stereocenters. The number of benzene rings is 1. The maximum Gasteiger partial charge on any atom is 0.224 e. The Hall–Kier alpha value is -2.14. The number of aryl methyl sites for hydroxylation is 3. The zero-order chi connectivity index (χ0) is 15.1. The standard InChI is InChI=1S/C16H17FN2O2/c1-8-5-11(9(2)21-8)16(18)12-6-10-3-4-15(20)19-14(10)7-13(12)17/h5-7,16H,3-4,18H2,1-2H3,(H,19,20). The third-order valence-electron chi connectivity index (χ3n) is 3.87. The highest BCUT2D eigenvalue weighted by atomic mass is 19.1. The number of carbonyl (C=O) groups is 1. The molecule has 0 radical (unpaired) electrons. The minimum absolute atomic E-state index is 0.0831. The van der Waals surface area contributed by atoms with Crippen molar-refractivity contribution in [1.29, 1.82) is 0 Å². The first-order chi connectivity index (χ1) is 9.95. The molecule has 1 aliphatic heterocycles. The van der Waals surface area contributed by atoms with Crippen LogP contribution in [0.25, 0.3) is 0 Å². The van der Waals surface area contributed by atoms with E-state index < -0.39 is 11.9 Å². The van der Waals surface area contributed by atoms with Gasteiger partial charge in [0.1, 0.15) is 17.3 Å². The summed E-state index contributed by atoms with van der Waals surface area (Å²) >= 11 is 0. The lowest BCUT2D eigenvalue weighted by molar-refractivity contribution is -0.116. The van der Waals surface area contributed by atoms with Crippen molar-refractivity contribution in [3.8, 4) is 0 Å². The summed E-state index contributed by atoms with van der Waals surface area (Å²) < 4.78 is 19.8. The molecule has 0 spiro atoms. The lowest BCUT2D eigenvalue weighted by Crippen LogP contribution is -2.21. The molecule has 0 saturated carbocycles. The Morgan fingerprint density at radius 1 is 1.24 bits per heavy atom. The van der Waals surface area contributed by atoms with E-state index in [0.717, 1.165) is 16.9 Å². The van der Waals surface area contributed by atoms with Gasteiger partial charge in [0.15, 0.2) is 0 Å². The van der Waals surface area contributed by atoms with Gasteiger partial charge in [-0.1, -0.05) is 0 Å². The molecule has 110 valence electrons. The Balaban J connectivity index is 2.03. The van der Waals surface area contributed by atoms with Crippen LogP contribution in [0.5, 0.6) is 0 Å². The van der Waals surface area contributed by atoms with E-state index in [0.29, 0.717) is 29.9 Å². The molecule has 0 fully saturated rings. The quantitative estimate of drug-likeness (QED) is 0.892. The minimum Gasteiger partial charge on any atom is -0.466 e. The van der Waals surface area contributed by atoms with Gasteiger partial charge in [0, 0.05) is 23.2 Å². The third-order valence-corrected chi connectivity index (χ3v) is 3.87. The van der Waals surface area contributed by atoms with Crippen molar-refractivity contribution < 1.29 is 13.6 Å². The van der Waals surface area contributed by atoms with Crippen molar-refractivity contribution in [3.63, 3.8) is 0 Å². The summed E-state index contributed by atoms with van der Waals surface area (Å²) in [6.07, 6.45) is 1.02. The average molecular weight is 288 g/mol. The second-order valence-corrected chi connectivity index (χ2v) is 5.43. The van der Waals surface area contributed by atoms with E-state index in [-0.39, 0.29) is 5.91 Å². The summed E-state index contributed by atoms with van der Waals surface area (Å²) in [4.78, 5) is 11.4. The summed E-state index contributed by atoms with van der Waals surface area (Å²) in [7, 11) is 0. The Morgan fingerprint density at radius 3 is 2.67 bits per heavy atom. The molecule has 0 bridgehead atoms. The summed E-state index contributed by atoms with van der Waals surface area (Å²) in [5.41, 5.74) is 8.87. The number of anilines is 1. The topological polar surface area (TPSA) is 68.3 Å². The number of nitrogens with two attached hydrogens (primary N) is 1. The van der Waals surface area contributed by atoms with E-state index in [1.807, 2.05) is 19.9 Å². The average Bonchev–Trinajstić information content (AvgIpc) is 2.76.